The molecule has 1 aliphatic rings. The van der Waals surface area contributed by atoms with Gasteiger partial charge in [0.2, 0.25) is 0 Å². The fraction of sp³-hybridized carbons (Fsp3) is 0.286. The van der Waals surface area contributed by atoms with Crippen LogP contribution >= 0.6 is 35.7 Å². The van der Waals surface area contributed by atoms with E-state index >= 15 is 0 Å². The summed E-state index contributed by atoms with van der Waals surface area (Å²) in [6.45, 7) is 1.44. The summed E-state index contributed by atoms with van der Waals surface area (Å²) in [6, 6.07) is 20.7. The number of benzene rings is 2. The van der Waals surface area contributed by atoms with E-state index in [0.717, 1.165) is 24.0 Å². The molecule has 0 spiro atoms. The Morgan fingerprint density at radius 3 is 2.41 bits per heavy atom. The van der Waals surface area contributed by atoms with Crippen LogP contribution in [0.5, 0.6) is 0 Å². The fourth-order valence-corrected chi connectivity index (χ4v) is 4.25. The Hall–Kier alpha value is -2.07. The number of nitrogens with one attached hydrogen (secondary N) is 2. The van der Waals surface area contributed by atoms with Crippen LogP contribution < -0.4 is 10.6 Å². The second-order valence-corrected chi connectivity index (χ2v) is 8.37. The molecule has 2 N–H and O–H groups in total. The first-order valence-corrected chi connectivity index (χ1v) is 10.2. The van der Waals surface area contributed by atoms with Gasteiger partial charge in [-0.05, 0) is 37.1 Å². The summed E-state index contributed by atoms with van der Waals surface area (Å²) in [5.41, 5.74) is 1.04. The molecule has 1 aromatic heterocycles. The van der Waals surface area contributed by atoms with Crippen molar-refractivity contribution in [2.75, 3.05) is 13.6 Å². The van der Waals surface area contributed by atoms with Gasteiger partial charge in [0.1, 0.15) is 6.33 Å². The maximum absolute atomic E-state index is 4.36. The maximum atomic E-state index is 4.36. The monoisotopic (exact) mass is 520 g/mol. The van der Waals surface area contributed by atoms with Crippen LogP contribution in [0.1, 0.15) is 18.7 Å². The van der Waals surface area contributed by atoms with Crippen LogP contribution in [0.2, 0.25) is 0 Å². The second-order valence-electron chi connectivity index (χ2n) is 6.83. The van der Waals surface area contributed by atoms with Crippen LogP contribution in [-0.2, 0) is 6.54 Å². The lowest BCUT2D eigenvalue weighted by Gasteiger charge is -2.18. The predicted molar refractivity (Wildman–Crippen MR) is 129 cm³/mol. The minimum atomic E-state index is 0. The standard InChI is InChI=1S/C21H24N6S.HI/c1-22-20(24-15-21(12-13-21)28-18-10-6-3-7-11-18)23-14-19-26-25-16-27(19)17-8-4-2-5-9-17;/h2-11,16H,12-15H2,1H3,(H2,22,23,24);1H. The molecule has 1 saturated carbocycles. The van der Waals surface area contributed by atoms with Gasteiger partial charge in [0.25, 0.3) is 0 Å². The van der Waals surface area contributed by atoms with Crippen LogP contribution in [0.3, 0.4) is 0 Å². The summed E-state index contributed by atoms with van der Waals surface area (Å²) in [5.74, 6) is 1.62. The van der Waals surface area contributed by atoms with Gasteiger partial charge in [-0.1, -0.05) is 36.4 Å². The number of hydrogen-bond donors (Lipinski definition) is 2. The molecule has 1 fully saturated rings. The highest BCUT2D eigenvalue weighted by Gasteiger charge is 2.43. The molecule has 0 atom stereocenters. The summed E-state index contributed by atoms with van der Waals surface area (Å²) in [4.78, 5) is 5.68. The molecule has 6 nitrogen and oxygen atoms in total. The first kappa shape index (κ1) is 21.6. The molecule has 0 aliphatic heterocycles. The number of nitrogens with zero attached hydrogens (tertiary/aromatic N) is 4. The van der Waals surface area contributed by atoms with E-state index in [1.807, 2.05) is 46.7 Å². The third-order valence-electron chi connectivity index (χ3n) is 4.75. The molecular formula is C21H25IN6S. The minimum absolute atomic E-state index is 0. The lowest BCUT2D eigenvalue weighted by molar-refractivity contribution is 0.736. The number of guanidine groups is 1. The zero-order valence-electron chi connectivity index (χ0n) is 16.3. The SMILES string of the molecule is CN=C(NCc1nncn1-c1ccccc1)NCC1(Sc2ccccc2)CC1.I. The first-order valence-electron chi connectivity index (χ1n) is 9.41. The summed E-state index contributed by atoms with van der Waals surface area (Å²) < 4.78 is 2.25. The molecule has 1 heterocycles. The van der Waals surface area contributed by atoms with Crippen molar-refractivity contribution >= 4 is 41.7 Å². The quantitative estimate of drug-likeness (QED) is 0.281. The maximum Gasteiger partial charge on any atom is 0.191 e. The van der Waals surface area contributed by atoms with E-state index in [9.17, 15) is 0 Å². The molecule has 0 saturated heterocycles. The Bertz CT molecular complexity index is 925. The molecule has 0 bridgehead atoms. The molecule has 2 aromatic carbocycles. The molecule has 4 rings (SSSR count). The number of aromatic nitrogens is 3. The number of halogens is 1. The first-order chi connectivity index (χ1) is 13.8. The summed E-state index contributed by atoms with van der Waals surface area (Å²) >= 11 is 1.95. The van der Waals surface area contributed by atoms with Crippen molar-refractivity contribution in [3.8, 4) is 5.69 Å². The van der Waals surface area contributed by atoms with E-state index in [0.29, 0.717) is 6.54 Å². The van der Waals surface area contributed by atoms with Crippen molar-refractivity contribution in [2.24, 2.45) is 4.99 Å². The van der Waals surface area contributed by atoms with E-state index in [1.54, 1.807) is 13.4 Å². The normalized spacial score (nSPS) is 14.7. The zero-order chi connectivity index (χ0) is 19.2. The van der Waals surface area contributed by atoms with Crippen LogP contribution in [-0.4, -0.2) is 39.1 Å². The van der Waals surface area contributed by atoms with Crippen LogP contribution in [0.4, 0.5) is 0 Å². The number of thioether (sulfide) groups is 1. The van der Waals surface area contributed by atoms with E-state index in [-0.39, 0.29) is 28.7 Å². The molecule has 0 amide bonds. The van der Waals surface area contributed by atoms with Crippen molar-refractivity contribution < 1.29 is 0 Å². The Labute approximate surface area is 192 Å². The summed E-state index contributed by atoms with van der Waals surface area (Å²) in [6.07, 6.45) is 4.18. The van der Waals surface area contributed by atoms with Gasteiger partial charge < -0.3 is 10.6 Å². The van der Waals surface area contributed by atoms with E-state index in [2.05, 4.69) is 56.2 Å². The lowest BCUT2D eigenvalue weighted by atomic mass is 10.3. The largest absolute Gasteiger partial charge is 0.355 e. The highest BCUT2D eigenvalue weighted by molar-refractivity contribution is 14.0. The van der Waals surface area contributed by atoms with Crippen molar-refractivity contribution in [2.45, 2.75) is 29.0 Å². The average Bonchev–Trinajstić information content (AvgIpc) is 3.34. The van der Waals surface area contributed by atoms with Crippen LogP contribution in [0.15, 0.2) is 76.9 Å². The van der Waals surface area contributed by atoms with Crippen molar-refractivity contribution in [1.82, 2.24) is 25.4 Å². The number of para-hydroxylation sites is 1. The van der Waals surface area contributed by atoms with Gasteiger partial charge in [0, 0.05) is 28.9 Å². The highest BCUT2D eigenvalue weighted by atomic mass is 127. The summed E-state index contributed by atoms with van der Waals surface area (Å²) in [7, 11) is 1.79. The second kappa shape index (κ2) is 10.1. The molecule has 29 heavy (non-hydrogen) atoms. The number of hydrogen-bond acceptors (Lipinski definition) is 4. The lowest BCUT2D eigenvalue weighted by Crippen LogP contribution is -2.41. The van der Waals surface area contributed by atoms with Crippen molar-refractivity contribution in [3.05, 3.63) is 72.8 Å². The van der Waals surface area contributed by atoms with Gasteiger partial charge in [0.15, 0.2) is 11.8 Å². The molecule has 0 radical (unpaired) electrons. The Morgan fingerprint density at radius 1 is 1.07 bits per heavy atom. The molecule has 1 aliphatic carbocycles. The van der Waals surface area contributed by atoms with E-state index in [1.165, 1.54) is 17.7 Å². The van der Waals surface area contributed by atoms with Gasteiger partial charge in [-0.25, -0.2) is 0 Å². The van der Waals surface area contributed by atoms with E-state index < -0.39 is 0 Å². The third kappa shape index (κ3) is 5.72. The van der Waals surface area contributed by atoms with Crippen LogP contribution in [0.25, 0.3) is 5.69 Å². The van der Waals surface area contributed by atoms with Gasteiger partial charge in [-0.15, -0.1) is 45.9 Å². The average molecular weight is 520 g/mol. The Kier molecular flexibility index (Phi) is 7.54. The van der Waals surface area contributed by atoms with Gasteiger partial charge >= 0.3 is 0 Å². The smallest absolute Gasteiger partial charge is 0.191 e. The number of rotatable bonds is 7. The third-order valence-corrected chi connectivity index (χ3v) is 6.25. The molecule has 3 aromatic rings. The van der Waals surface area contributed by atoms with Gasteiger partial charge in [-0.3, -0.25) is 9.56 Å². The topological polar surface area (TPSA) is 67.1 Å². The minimum Gasteiger partial charge on any atom is -0.355 e. The summed E-state index contributed by atoms with van der Waals surface area (Å²) in [5, 5.41) is 15.1. The Morgan fingerprint density at radius 2 is 1.76 bits per heavy atom. The molecular weight excluding hydrogens is 495 g/mol. The van der Waals surface area contributed by atoms with Crippen molar-refractivity contribution in [3.63, 3.8) is 0 Å². The number of aliphatic imine (C=N–C) groups is 1. The molecule has 8 heteroatoms. The van der Waals surface area contributed by atoms with Gasteiger partial charge in [0.05, 0.1) is 6.54 Å². The predicted octanol–water partition coefficient (Wildman–Crippen LogP) is 3.88. The zero-order valence-corrected chi connectivity index (χ0v) is 19.4. The molecule has 0 unspecified atom stereocenters. The van der Waals surface area contributed by atoms with Gasteiger partial charge in [-0.2, -0.15) is 0 Å². The highest BCUT2D eigenvalue weighted by Crippen LogP contribution is 2.51. The Balaban J connectivity index is 0.00000240. The van der Waals surface area contributed by atoms with Crippen LogP contribution in [0, 0.1) is 0 Å². The van der Waals surface area contributed by atoms with E-state index in [4.69, 9.17) is 0 Å². The fourth-order valence-electron chi connectivity index (χ4n) is 3.00. The molecule has 152 valence electrons. The van der Waals surface area contributed by atoms with Crippen molar-refractivity contribution in [1.29, 1.82) is 0 Å².